The summed E-state index contributed by atoms with van der Waals surface area (Å²) < 4.78 is 1.92. The van der Waals surface area contributed by atoms with Gasteiger partial charge in [0.15, 0.2) is 0 Å². The van der Waals surface area contributed by atoms with Gasteiger partial charge in [-0.05, 0) is 43.1 Å². The van der Waals surface area contributed by atoms with Crippen LogP contribution < -0.4 is 0 Å². The molecule has 1 saturated carbocycles. The van der Waals surface area contributed by atoms with Gasteiger partial charge < -0.3 is 5.11 Å². The van der Waals surface area contributed by atoms with E-state index in [4.69, 9.17) is 0 Å². The Labute approximate surface area is 91.1 Å². The summed E-state index contributed by atoms with van der Waals surface area (Å²) in [6.45, 7) is 2.52. The van der Waals surface area contributed by atoms with Gasteiger partial charge in [0, 0.05) is 25.5 Å². The number of aliphatic hydroxyl groups is 1. The lowest BCUT2D eigenvalue weighted by molar-refractivity contribution is 0.110. The van der Waals surface area contributed by atoms with Gasteiger partial charge in [-0.1, -0.05) is 6.92 Å². The number of hydrogen-bond acceptors (Lipinski definition) is 2. The molecule has 1 fully saturated rings. The SMILES string of the molecule is Cn1nccc1CCC(C)(CO)C1CC1. The fourth-order valence-corrected chi connectivity index (χ4v) is 2.25. The maximum absolute atomic E-state index is 9.47. The van der Waals surface area contributed by atoms with Crippen LogP contribution in [-0.2, 0) is 13.5 Å². The fourth-order valence-electron chi connectivity index (χ4n) is 2.25. The summed E-state index contributed by atoms with van der Waals surface area (Å²) in [6, 6.07) is 2.06. The van der Waals surface area contributed by atoms with E-state index in [2.05, 4.69) is 18.1 Å². The highest BCUT2D eigenvalue weighted by molar-refractivity contribution is 5.02. The van der Waals surface area contributed by atoms with Crippen molar-refractivity contribution in [2.24, 2.45) is 18.4 Å². The van der Waals surface area contributed by atoms with Crippen LogP contribution in [0.25, 0.3) is 0 Å². The number of aryl methyl sites for hydroxylation is 2. The topological polar surface area (TPSA) is 38.0 Å². The van der Waals surface area contributed by atoms with Crippen LogP contribution in [0.1, 0.15) is 31.9 Å². The molecule has 1 aliphatic rings. The van der Waals surface area contributed by atoms with Gasteiger partial charge in [0.25, 0.3) is 0 Å². The van der Waals surface area contributed by atoms with E-state index in [1.54, 1.807) is 0 Å². The third-order valence-electron chi connectivity index (χ3n) is 3.80. The molecule has 1 aliphatic carbocycles. The zero-order valence-electron chi connectivity index (χ0n) is 9.61. The lowest BCUT2D eigenvalue weighted by atomic mass is 9.81. The fraction of sp³-hybridized carbons (Fsp3) is 0.750. The van der Waals surface area contributed by atoms with Crippen LogP contribution in [0.3, 0.4) is 0 Å². The predicted molar refractivity (Wildman–Crippen MR) is 59.4 cm³/mol. The average Bonchev–Trinajstić information content (AvgIpc) is 3.01. The van der Waals surface area contributed by atoms with Gasteiger partial charge in [-0.2, -0.15) is 5.10 Å². The summed E-state index contributed by atoms with van der Waals surface area (Å²) in [6.07, 6.45) is 6.51. The van der Waals surface area contributed by atoms with E-state index < -0.39 is 0 Å². The Hall–Kier alpha value is -0.830. The minimum absolute atomic E-state index is 0.129. The van der Waals surface area contributed by atoms with Crippen LogP contribution >= 0.6 is 0 Å². The average molecular weight is 208 g/mol. The van der Waals surface area contributed by atoms with E-state index in [0.717, 1.165) is 18.8 Å². The van der Waals surface area contributed by atoms with Crippen molar-refractivity contribution in [3.63, 3.8) is 0 Å². The molecule has 0 amide bonds. The molecule has 0 spiro atoms. The van der Waals surface area contributed by atoms with Crippen molar-refractivity contribution < 1.29 is 5.11 Å². The second-order valence-electron chi connectivity index (χ2n) is 5.03. The van der Waals surface area contributed by atoms with Gasteiger partial charge in [-0.15, -0.1) is 0 Å². The van der Waals surface area contributed by atoms with E-state index in [1.165, 1.54) is 18.5 Å². The molecule has 1 unspecified atom stereocenters. The van der Waals surface area contributed by atoms with Crippen molar-refractivity contribution in [2.75, 3.05) is 6.61 Å². The normalized spacial score (nSPS) is 20.2. The molecule has 0 radical (unpaired) electrons. The molecule has 1 aromatic heterocycles. The lowest BCUT2D eigenvalue weighted by Crippen LogP contribution is -2.25. The number of aliphatic hydroxyl groups excluding tert-OH is 1. The maximum Gasteiger partial charge on any atom is 0.0492 e. The van der Waals surface area contributed by atoms with Gasteiger partial charge in [0.1, 0.15) is 0 Å². The van der Waals surface area contributed by atoms with E-state index in [0.29, 0.717) is 6.61 Å². The third kappa shape index (κ3) is 2.23. The number of aromatic nitrogens is 2. The summed E-state index contributed by atoms with van der Waals surface area (Å²) in [7, 11) is 1.97. The summed E-state index contributed by atoms with van der Waals surface area (Å²) in [5, 5.41) is 13.6. The Morgan fingerprint density at radius 1 is 1.60 bits per heavy atom. The van der Waals surface area contributed by atoms with E-state index in [-0.39, 0.29) is 5.41 Å². The second kappa shape index (κ2) is 3.97. The Morgan fingerprint density at radius 3 is 2.80 bits per heavy atom. The molecule has 1 aromatic rings. The molecule has 0 aromatic carbocycles. The van der Waals surface area contributed by atoms with E-state index in [1.807, 2.05) is 17.9 Å². The highest BCUT2D eigenvalue weighted by atomic mass is 16.3. The Morgan fingerprint density at radius 2 is 2.33 bits per heavy atom. The number of nitrogens with zero attached hydrogens (tertiary/aromatic N) is 2. The van der Waals surface area contributed by atoms with E-state index >= 15 is 0 Å². The minimum atomic E-state index is 0.129. The van der Waals surface area contributed by atoms with Crippen LogP contribution in [0.5, 0.6) is 0 Å². The first kappa shape index (κ1) is 10.7. The molecule has 3 nitrogen and oxygen atoms in total. The summed E-state index contributed by atoms with van der Waals surface area (Å²) >= 11 is 0. The van der Waals surface area contributed by atoms with Gasteiger partial charge in [0.05, 0.1) is 0 Å². The third-order valence-corrected chi connectivity index (χ3v) is 3.80. The lowest BCUT2D eigenvalue weighted by Gasteiger charge is -2.27. The quantitative estimate of drug-likeness (QED) is 0.800. The van der Waals surface area contributed by atoms with Crippen LogP contribution in [0.4, 0.5) is 0 Å². The first-order chi connectivity index (χ1) is 7.15. The molecule has 3 heteroatoms. The predicted octanol–water partition coefficient (Wildman–Crippen LogP) is 1.76. The van der Waals surface area contributed by atoms with Gasteiger partial charge in [-0.3, -0.25) is 4.68 Å². The monoisotopic (exact) mass is 208 g/mol. The molecule has 2 rings (SSSR count). The molecular formula is C12H20N2O. The molecule has 0 bridgehead atoms. The Balaban J connectivity index is 1.94. The first-order valence-electron chi connectivity index (χ1n) is 5.73. The van der Waals surface area contributed by atoms with Crippen molar-refractivity contribution >= 4 is 0 Å². The number of hydrogen-bond donors (Lipinski definition) is 1. The highest BCUT2D eigenvalue weighted by Gasteiger charge is 2.40. The highest BCUT2D eigenvalue weighted by Crippen LogP contribution is 2.47. The largest absolute Gasteiger partial charge is 0.396 e. The minimum Gasteiger partial charge on any atom is -0.396 e. The smallest absolute Gasteiger partial charge is 0.0492 e. The van der Waals surface area contributed by atoms with Gasteiger partial charge in [0.2, 0.25) is 0 Å². The van der Waals surface area contributed by atoms with Crippen molar-refractivity contribution in [3.05, 3.63) is 18.0 Å². The van der Waals surface area contributed by atoms with Crippen molar-refractivity contribution in [1.29, 1.82) is 0 Å². The van der Waals surface area contributed by atoms with Crippen LogP contribution in [-0.4, -0.2) is 21.5 Å². The molecule has 0 aliphatic heterocycles. The van der Waals surface area contributed by atoms with Gasteiger partial charge >= 0.3 is 0 Å². The Bertz CT molecular complexity index is 330. The maximum atomic E-state index is 9.47. The molecular weight excluding hydrogens is 188 g/mol. The van der Waals surface area contributed by atoms with Crippen molar-refractivity contribution in [3.8, 4) is 0 Å². The summed E-state index contributed by atoms with van der Waals surface area (Å²) in [4.78, 5) is 0. The zero-order chi connectivity index (χ0) is 10.9. The van der Waals surface area contributed by atoms with Gasteiger partial charge in [-0.25, -0.2) is 0 Å². The summed E-state index contributed by atoms with van der Waals surface area (Å²) in [5.41, 5.74) is 1.39. The second-order valence-corrected chi connectivity index (χ2v) is 5.03. The van der Waals surface area contributed by atoms with Crippen molar-refractivity contribution in [1.82, 2.24) is 9.78 Å². The first-order valence-corrected chi connectivity index (χ1v) is 5.73. The van der Waals surface area contributed by atoms with Crippen molar-refractivity contribution in [2.45, 2.75) is 32.6 Å². The Kier molecular flexibility index (Phi) is 2.83. The van der Waals surface area contributed by atoms with Crippen LogP contribution in [0.2, 0.25) is 0 Å². The zero-order valence-corrected chi connectivity index (χ0v) is 9.61. The summed E-state index contributed by atoms with van der Waals surface area (Å²) in [5.74, 6) is 0.746. The van der Waals surface area contributed by atoms with Crippen LogP contribution in [0, 0.1) is 11.3 Å². The molecule has 0 saturated heterocycles. The standard InChI is InChI=1S/C12H20N2O/c1-12(9-15,10-3-4-10)7-5-11-6-8-13-14(11)2/h6,8,10,15H,3-5,7,9H2,1-2H3. The van der Waals surface area contributed by atoms with E-state index in [9.17, 15) is 5.11 Å². The molecule has 84 valence electrons. The molecule has 1 atom stereocenters. The molecule has 1 heterocycles. The molecule has 15 heavy (non-hydrogen) atoms. The number of rotatable bonds is 5. The van der Waals surface area contributed by atoms with Crippen LogP contribution in [0.15, 0.2) is 12.3 Å². The molecule has 1 N–H and O–H groups in total.